The zero-order valence-corrected chi connectivity index (χ0v) is 11.9. The Kier molecular flexibility index (Phi) is 3.76. The molecule has 3 heteroatoms. The normalized spacial score (nSPS) is 11.8. The van der Waals surface area contributed by atoms with E-state index in [0.717, 1.165) is 12.4 Å². The SMILES string of the molecule is CC(C)(C)c1ccc(Cn2ccnc2CCl)cc1. The van der Waals surface area contributed by atoms with Gasteiger partial charge in [-0.2, -0.15) is 0 Å². The third-order valence-corrected chi connectivity index (χ3v) is 3.33. The van der Waals surface area contributed by atoms with E-state index in [9.17, 15) is 0 Å². The van der Waals surface area contributed by atoms with E-state index < -0.39 is 0 Å². The molecule has 1 aromatic carbocycles. The molecule has 0 aliphatic heterocycles. The van der Waals surface area contributed by atoms with Gasteiger partial charge in [-0.1, -0.05) is 45.0 Å². The Bertz CT molecular complexity index is 506. The van der Waals surface area contributed by atoms with Gasteiger partial charge in [-0.25, -0.2) is 4.98 Å². The molecule has 2 nitrogen and oxygen atoms in total. The van der Waals surface area contributed by atoms with Crippen LogP contribution in [0.4, 0.5) is 0 Å². The molecular weight excluding hydrogens is 244 g/mol. The van der Waals surface area contributed by atoms with Gasteiger partial charge < -0.3 is 4.57 Å². The average Bonchev–Trinajstić information content (AvgIpc) is 2.76. The minimum Gasteiger partial charge on any atom is -0.330 e. The standard InChI is InChI=1S/C15H19ClN2/c1-15(2,3)13-6-4-12(5-7-13)11-18-9-8-17-14(18)10-16/h4-9H,10-11H2,1-3H3. The van der Waals surface area contributed by atoms with E-state index in [4.69, 9.17) is 11.6 Å². The van der Waals surface area contributed by atoms with Crippen molar-refractivity contribution in [2.75, 3.05) is 0 Å². The monoisotopic (exact) mass is 262 g/mol. The van der Waals surface area contributed by atoms with Gasteiger partial charge >= 0.3 is 0 Å². The number of benzene rings is 1. The summed E-state index contributed by atoms with van der Waals surface area (Å²) in [5.74, 6) is 1.36. The molecule has 0 radical (unpaired) electrons. The molecule has 96 valence electrons. The minimum atomic E-state index is 0.203. The second-order valence-corrected chi connectivity index (χ2v) is 5.82. The number of imidazole rings is 1. The van der Waals surface area contributed by atoms with Gasteiger partial charge in [-0.3, -0.25) is 0 Å². The van der Waals surface area contributed by atoms with Crippen LogP contribution < -0.4 is 0 Å². The number of aromatic nitrogens is 2. The van der Waals surface area contributed by atoms with E-state index in [-0.39, 0.29) is 5.41 Å². The Balaban J connectivity index is 2.16. The van der Waals surface area contributed by atoms with Crippen LogP contribution in [0.2, 0.25) is 0 Å². The first-order valence-electron chi connectivity index (χ1n) is 6.16. The van der Waals surface area contributed by atoms with Crippen molar-refractivity contribution in [2.24, 2.45) is 0 Å². The van der Waals surface area contributed by atoms with Crippen molar-refractivity contribution in [3.63, 3.8) is 0 Å². The molecule has 2 rings (SSSR count). The molecule has 0 atom stereocenters. The van der Waals surface area contributed by atoms with Crippen LogP contribution >= 0.6 is 11.6 Å². The molecule has 18 heavy (non-hydrogen) atoms. The smallest absolute Gasteiger partial charge is 0.123 e. The largest absolute Gasteiger partial charge is 0.330 e. The fourth-order valence-corrected chi connectivity index (χ4v) is 2.14. The molecule has 0 aliphatic carbocycles. The molecule has 0 unspecified atom stereocenters. The summed E-state index contributed by atoms with van der Waals surface area (Å²) in [5, 5.41) is 0. The van der Waals surface area contributed by atoms with Gasteiger partial charge in [0.2, 0.25) is 0 Å². The fraction of sp³-hybridized carbons (Fsp3) is 0.400. The molecule has 0 saturated carbocycles. The molecule has 0 bridgehead atoms. The Morgan fingerprint density at radius 3 is 2.39 bits per heavy atom. The highest BCUT2D eigenvalue weighted by Crippen LogP contribution is 2.22. The molecule has 0 amide bonds. The first kappa shape index (κ1) is 13.2. The van der Waals surface area contributed by atoms with Gasteiger partial charge in [0.05, 0.1) is 5.88 Å². The van der Waals surface area contributed by atoms with Crippen LogP contribution in [-0.4, -0.2) is 9.55 Å². The number of nitrogens with zero attached hydrogens (tertiary/aromatic N) is 2. The third kappa shape index (κ3) is 2.94. The van der Waals surface area contributed by atoms with E-state index >= 15 is 0 Å². The molecule has 2 aromatic rings. The Labute approximate surface area is 114 Å². The maximum absolute atomic E-state index is 5.84. The molecule has 0 N–H and O–H groups in total. The highest BCUT2D eigenvalue weighted by molar-refractivity contribution is 6.16. The van der Waals surface area contributed by atoms with Gasteiger partial charge in [0.1, 0.15) is 5.82 Å². The zero-order valence-electron chi connectivity index (χ0n) is 11.2. The molecule has 0 fully saturated rings. The van der Waals surface area contributed by atoms with E-state index in [1.807, 2.05) is 6.20 Å². The van der Waals surface area contributed by atoms with Crippen molar-refractivity contribution in [1.82, 2.24) is 9.55 Å². The van der Waals surface area contributed by atoms with Crippen molar-refractivity contribution < 1.29 is 0 Å². The lowest BCUT2D eigenvalue weighted by molar-refractivity contribution is 0.589. The minimum absolute atomic E-state index is 0.203. The van der Waals surface area contributed by atoms with Crippen LogP contribution in [0, 0.1) is 0 Å². The van der Waals surface area contributed by atoms with Crippen LogP contribution in [0.1, 0.15) is 37.7 Å². The maximum Gasteiger partial charge on any atom is 0.123 e. The topological polar surface area (TPSA) is 17.8 Å². The van der Waals surface area contributed by atoms with Crippen molar-refractivity contribution in [1.29, 1.82) is 0 Å². The van der Waals surface area contributed by atoms with E-state index in [1.165, 1.54) is 11.1 Å². The van der Waals surface area contributed by atoms with Gasteiger partial charge in [0.15, 0.2) is 0 Å². The number of hydrogen-bond donors (Lipinski definition) is 0. The first-order chi connectivity index (χ1) is 8.50. The molecule has 1 heterocycles. The van der Waals surface area contributed by atoms with Crippen molar-refractivity contribution in [2.45, 2.75) is 38.6 Å². The van der Waals surface area contributed by atoms with Gasteiger partial charge in [-0.05, 0) is 16.5 Å². The predicted octanol–water partition coefficient (Wildman–Crippen LogP) is 3.97. The average molecular weight is 263 g/mol. The van der Waals surface area contributed by atoms with E-state index in [1.54, 1.807) is 6.20 Å². The molecular formula is C15H19ClN2. The van der Waals surface area contributed by atoms with Crippen LogP contribution in [0.25, 0.3) is 0 Å². The predicted molar refractivity (Wildman–Crippen MR) is 76.0 cm³/mol. The molecule has 0 aliphatic rings. The number of halogens is 1. The Morgan fingerprint density at radius 2 is 1.83 bits per heavy atom. The van der Waals surface area contributed by atoms with Crippen LogP contribution in [0.15, 0.2) is 36.7 Å². The number of rotatable bonds is 3. The van der Waals surface area contributed by atoms with Crippen LogP contribution in [0.3, 0.4) is 0 Å². The lowest BCUT2D eigenvalue weighted by Gasteiger charge is -2.19. The molecule has 0 saturated heterocycles. The maximum atomic E-state index is 5.84. The number of hydrogen-bond acceptors (Lipinski definition) is 1. The lowest BCUT2D eigenvalue weighted by Crippen LogP contribution is -2.11. The summed E-state index contributed by atoms with van der Waals surface area (Å²) >= 11 is 5.84. The Morgan fingerprint density at radius 1 is 1.17 bits per heavy atom. The zero-order chi connectivity index (χ0) is 13.2. The second kappa shape index (κ2) is 5.15. The highest BCUT2D eigenvalue weighted by Gasteiger charge is 2.12. The van der Waals surface area contributed by atoms with Crippen molar-refractivity contribution in [3.8, 4) is 0 Å². The number of alkyl halides is 1. The molecule has 1 aromatic heterocycles. The van der Waals surface area contributed by atoms with Crippen molar-refractivity contribution >= 4 is 11.6 Å². The summed E-state index contributed by atoms with van der Waals surface area (Å²) in [6.45, 7) is 7.50. The second-order valence-electron chi connectivity index (χ2n) is 5.55. The first-order valence-corrected chi connectivity index (χ1v) is 6.69. The summed E-state index contributed by atoms with van der Waals surface area (Å²) < 4.78 is 2.08. The Hall–Kier alpha value is -1.28. The summed E-state index contributed by atoms with van der Waals surface area (Å²) in [6, 6.07) is 8.76. The van der Waals surface area contributed by atoms with Crippen molar-refractivity contribution in [3.05, 3.63) is 53.6 Å². The highest BCUT2D eigenvalue weighted by atomic mass is 35.5. The summed E-state index contributed by atoms with van der Waals surface area (Å²) in [4.78, 5) is 4.22. The quantitative estimate of drug-likeness (QED) is 0.766. The van der Waals surface area contributed by atoms with E-state index in [2.05, 4.69) is 54.6 Å². The summed E-state index contributed by atoms with van der Waals surface area (Å²) in [6.07, 6.45) is 3.76. The lowest BCUT2D eigenvalue weighted by atomic mass is 9.87. The van der Waals surface area contributed by atoms with Gasteiger partial charge in [0, 0.05) is 18.9 Å². The molecule has 0 spiro atoms. The summed E-state index contributed by atoms with van der Waals surface area (Å²) in [7, 11) is 0. The van der Waals surface area contributed by atoms with Crippen LogP contribution in [-0.2, 0) is 17.8 Å². The summed E-state index contributed by atoms with van der Waals surface area (Å²) in [5.41, 5.74) is 2.83. The van der Waals surface area contributed by atoms with Gasteiger partial charge in [-0.15, -0.1) is 11.6 Å². The fourth-order valence-electron chi connectivity index (χ4n) is 1.92. The van der Waals surface area contributed by atoms with Crippen LogP contribution in [0.5, 0.6) is 0 Å². The third-order valence-electron chi connectivity index (χ3n) is 3.09. The van der Waals surface area contributed by atoms with Gasteiger partial charge in [0.25, 0.3) is 0 Å². The van der Waals surface area contributed by atoms with E-state index in [0.29, 0.717) is 5.88 Å².